The second-order valence-corrected chi connectivity index (χ2v) is 5.69. The minimum absolute atomic E-state index is 0.218. The molecule has 1 amide bonds. The Kier molecular flexibility index (Phi) is 4.70. The van der Waals surface area contributed by atoms with E-state index in [-0.39, 0.29) is 6.42 Å². The largest absolute Gasteiger partial charge is 0.497 e. The summed E-state index contributed by atoms with van der Waals surface area (Å²) < 4.78 is 5.16. The van der Waals surface area contributed by atoms with Crippen molar-refractivity contribution < 1.29 is 19.4 Å². The first-order valence-electron chi connectivity index (χ1n) is 7.81. The molecular weight excluding hydrogens is 320 g/mol. The van der Waals surface area contributed by atoms with Crippen LogP contribution in [0, 0.1) is 0 Å². The van der Waals surface area contributed by atoms with E-state index in [2.05, 4.69) is 10.3 Å². The number of aromatic amines is 1. The first-order valence-corrected chi connectivity index (χ1v) is 7.81. The molecule has 0 saturated heterocycles. The van der Waals surface area contributed by atoms with Gasteiger partial charge < -0.3 is 20.1 Å². The SMILES string of the molecule is COc1ccc2cc(C(=O)NC(Cc3ccccc3)C(=O)O)[nH]c2c1. The molecule has 6 nitrogen and oxygen atoms in total. The van der Waals surface area contributed by atoms with E-state index < -0.39 is 17.9 Å². The number of rotatable bonds is 6. The lowest BCUT2D eigenvalue weighted by molar-refractivity contribution is -0.139. The second kappa shape index (κ2) is 7.09. The van der Waals surface area contributed by atoms with Gasteiger partial charge in [0.15, 0.2) is 0 Å². The summed E-state index contributed by atoms with van der Waals surface area (Å²) in [5.41, 5.74) is 1.90. The fourth-order valence-corrected chi connectivity index (χ4v) is 2.64. The lowest BCUT2D eigenvalue weighted by atomic mass is 10.1. The Morgan fingerprint density at radius 2 is 1.92 bits per heavy atom. The summed E-state index contributed by atoms with van der Waals surface area (Å²) in [6.07, 6.45) is 0.218. The monoisotopic (exact) mass is 338 g/mol. The van der Waals surface area contributed by atoms with Gasteiger partial charge in [0.1, 0.15) is 17.5 Å². The van der Waals surface area contributed by atoms with Gasteiger partial charge in [-0.1, -0.05) is 30.3 Å². The maximum absolute atomic E-state index is 12.4. The minimum atomic E-state index is -1.07. The highest BCUT2D eigenvalue weighted by molar-refractivity contribution is 5.99. The quantitative estimate of drug-likeness (QED) is 0.644. The number of aromatic nitrogens is 1. The Morgan fingerprint density at radius 1 is 1.16 bits per heavy atom. The van der Waals surface area contributed by atoms with Crippen molar-refractivity contribution in [2.45, 2.75) is 12.5 Å². The van der Waals surface area contributed by atoms with Gasteiger partial charge in [-0.15, -0.1) is 0 Å². The van der Waals surface area contributed by atoms with Crippen molar-refractivity contribution in [3.63, 3.8) is 0 Å². The fourth-order valence-electron chi connectivity index (χ4n) is 2.64. The number of H-pyrrole nitrogens is 1. The van der Waals surface area contributed by atoms with E-state index in [1.54, 1.807) is 25.3 Å². The van der Waals surface area contributed by atoms with Crippen LogP contribution in [0.25, 0.3) is 10.9 Å². The number of carboxylic acids is 1. The first-order chi connectivity index (χ1) is 12.1. The molecule has 0 aliphatic carbocycles. The van der Waals surface area contributed by atoms with Crippen LogP contribution in [0.1, 0.15) is 16.1 Å². The second-order valence-electron chi connectivity index (χ2n) is 5.69. The van der Waals surface area contributed by atoms with Gasteiger partial charge in [-0.05, 0) is 23.8 Å². The van der Waals surface area contributed by atoms with E-state index in [1.165, 1.54) is 0 Å². The topological polar surface area (TPSA) is 91.4 Å². The van der Waals surface area contributed by atoms with Crippen LogP contribution in [-0.4, -0.2) is 35.1 Å². The number of fused-ring (bicyclic) bond motifs is 1. The van der Waals surface area contributed by atoms with Gasteiger partial charge in [0.2, 0.25) is 0 Å². The van der Waals surface area contributed by atoms with E-state index >= 15 is 0 Å². The highest BCUT2D eigenvalue weighted by Crippen LogP contribution is 2.21. The molecule has 1 heterocycles. The Labute approximate surface area is 144 Å². The molecule has 1 atom stereocenters. The van der Waals surface area contributed by atoms with E-state index in [0.29, 0.717) is 11.4 Å². The number of hydrogen-bond acceptors (Lipinski definition) is 3. The molecule has 128 valence electrons. The van der Waals surface area contributed by atoms with Crippen LogP contribution in [0.15, 0.2) is 54.6 Å². The van der Waals surface area contributed by atoms with Crippen LogP contribution >= 0.6 is 0 Å². The predicted molar refractivity (Wildman–Crippen MR) is 93.9 cm³/mol. The molecule has 0 saturated carbocycles. The first kappa shape index (κ1) is 16.6. The van der Waals surface area contributed by atoms with Crippen LogP contribution in [0.3, 0.4) is 0 Å². The molecule has 25 heavy (non-hydrogen) atoms. The van der Waals surface area contributed by atoms with E-state index in [0.717, 1.165) is 16.5 Å². The van der Waals surface area contributed by atoms with Crippen LogP contribution in [0.4, 0.5) is 0 Å². The molecule has 0 aliphatic heterocycles. The Bertz CT molecular complexity index is 902. The standard InChI is InChI=1S/C19H18N2O4/c1-25-14-8-7-13-10-16(20-15(13)11-14)18(22)21-17(19(23)24)9-12-5-3-2-4-6-12/h2-8,10-11,17,20H,9H2,1H3,(H,21,22)(H,23,24). The van der Waals surface area contributed by atoms with Gasteiger partial charge in [0, 0.05) is 23.4 Å². The van der Waals surface area contributed by atoms with Crippen molar-refractivity contribution in [1.29, 1.82) is 0 Å². The van der Waals surface area contributed by atoms with E-state index in [1.807, 2.05) is 36.4 Å². The summed E-state index contributed by atoms with van der Waals surface area (Å²) in [5.74, 6) is -0.859. The van der Waals surface area contributed by atoms with Crippen molar-refractivity contribution in [3.05, 3.63) is 65.9 Å². The Hall–Kier alpha value is -3.28. The molecule has 3 rings (SSSR count). The number of ether oxygens (including phenoxy) is 1. The van der Waals surface area contributed by atoms with E-state index in [4.69, 9.17) is 4.74 Å². The molecular formula is C19H18N2O4. The highest BCUT2D eigenvalue weighted by atomic mass is 16.5. The highest BCUT2D eigenvalue weighted by Gasteiger charge is 2.22. The smallest absolute Gasteiger partial charge is 0.326 e. The van der Waals surface area contributed by atoms with Crippen LogP contribution in [-0.2, 0) is 11.2 Å². The third-order valence-electron chi connectivity index (χ3n) is 3.96. The van der Waals surface area contributed by atoms with Crippen LogP contribution < -0.4 is 10.1 Å². The number of nitrogens with one attached hydrogen (secondary N) is 2. The number of carbonyl (C=O) groups is 2. The zero-order chi connectivity index (χ0) is 17.8. The van der Waals surface area contributed by atoms with Gasteiger partial charge in [-0.3, -0.25) is 4.79 Å². The molecule has 0 radical (unpaired) electrons. The maximum atomic E-state index is 12.4. The summed E-state index contributed by atoms with van der Waals surface area (Å²) in [5, 5.41) is 12.8. The normalized spacial score (nSPS) is 11.9. The molecule has 3 aromatic rings. The van der Waals surface area contributed by atoms with Crippen LogP contribution in [0.5, 0.6) is 5.75 Å². The number of benzene rings is 2. The van der Waals surface area contributed by atoms with Crippen LogP contribution in [0.2, 0.25) is 0 Å². The lowest BCUT2D eigenvalue weighted by Gasteiger charge is -2.14. The van der Waals surface area contributed by atoms with Crippen molar-refractivity contribution >= 4 is 22.8 Å². The summed E-state index contributed by atoms with van der Waals surface area (Å²) in [4.78, 5) is 26.9. The van der Waals surface area contributed by atoms with E-state index in [9.17, 15) is 14.7 Å². The molecule has 1 aromatic heterocycles. The zero-order valence-corrected chi connectivity index (χ0v) is 13.7. The molecule has 3 N–H and O–H groups in total. The molecule has 2 aromatic carbocycles. The van der Waals surface area contributed by atoms with Crippen molar-refractivity contribution in [2.75, 3.05) is 7.11 Å². The van der Waals surface area contributed by atoms with Crippen molar-refractivity contribution in [1.82, 2.24) is 10.3 Å². The minimum Gasteiger partial charge on any atom is -0.497 e. The van der Waals surface area contributed by atoms with Gasteiger partial charge in [-0.25, -0.2) is 4.79 Å². The predicted octanol–water partition coefficient (Wildman–Crippen LogP) is 2.60. The molecule has 0 fully saturated rings. The van der Waals surface area contributed by atoms with Gasteiger partial charge >= 0.3 is 5.97 Å². The third-order valence-corrected chi connectivity index (χ3v) is 3.96. The third kappa shape index (κ3) is 3.80. The van der Waals surface area contributed by atoms with Gasteiger partial charge in [0.25, 0.3) is 5.91 Å². The number of carbonyl (C=O) groups excluding carboxylic acids is 1. The lowest BCUT2D eigenvalue weighted by Crippen LogP contribution is -2.42. The Balaban J connectivity index is 1.78. The number of carboxylic acid groups (broad SMARTS) is 1. The number of methoxy groups -OCH3 is 1. The average molecular weight is 338 g/mol. The molecule has 0 aliphatic rings. The molecule has 1 unspecified atom stereocenters. The molecule has 6 heteroatoms. The summed E-state index contributed by atoms with van der Waals surface area (Å²) in [6.45, 7) is 0. The van der Waals surface area contributed by atoms with Gasteiger partial charge in [-0.2, -0.15) is 0 Å². The number of aliphatic carboxylic acids is 1. The summed E-state index contributed by atoms with van der Waals surface area (Å²) in [6, 6.07) is 15.3. The molecule has 0 bridgehead atoms. The zero-order valence-electron chi connectivity index (χ0n) is 13.7. The number of hydrogen-bond donors (Lipinski definition) is 3. The fraction of sp³-hybridized carbons (Fsp3) is 0.158. The summed E-state index contributed by atoms with van der Waals surface area (Å²) in [7, 11) is 1.57. The van der Waals surface area contributed by atoms with Crippen molar-refractivity contribution in [2.24, 2.45) is 0 Å². The van der Waals surface area contributed by atoms with Crippen molar-refractivity contribution in [3.8, 4) is 5.75 Å². The maximum Gasteiger partial charge on any atom is 0.326 e. The summed E-state index contributed by atoms with van der Waals surface area (Å²) >= 11 is 0. The molecule has 0 spiro atoms. The van der Waals surface area contributed by atoms with Gasteiger partial charge in [0.05, 0.1) is 7.11 Å². The number of amides is 1. The Morgan fingerprint density at radius 3 is 2.60 bits per heavy atom. The average Bonchev–Trinajstić information content (AvgIpc) is 3.05.